The highest BCUT2D eigenvalue weighted by atomic mass is 32.1. The number of aryl methyl sites for hydroxylation is 2. The Bertz CT molecular complexity index is 607. The molecule has 0 amide bonds. The molecule has 0 spiro atoms. The first kappa shape index (κ1) is 13.8. The summed E-state index contributed by atoms with van der Waals surface area (Å²) in [5.74, 6) is 0. The molecule has 0 saturated heterocycles. The average molecular weight is 270 g/mol. The van der Waals surface area contributed by atoms with Crippen LogP contribution in [0.3, 0.4) is 0 Å². The van der Waals surface area contributed by atoms with Crippen molar-refractivity contribution in [2.45, 2.75) is 20.4 Å². The Morgan fingerprint density at radius 3 is 2.63 bits per heavy atom. The minimum atomic E-state index is 0.455. The Hall–Kier alpha value is -1.63. The van der Waals surface area contributed by atoms with Gasteiger partial charge in [-0.15, -0.1) is 11.3 Å². The molecule has 0 unspecified atom stereocenters. The number of thiophene rings is 1. The van der Waals surface area contributed by atoms with Gasteiger partial charge >= 0.3 is 0 Å². The van der Waals surface area contributed by atoms with Gasteiger partial charge in [0.25, 0.3) is 0 Å². The van der Waals surface area contributed by atoms with Crippen LogP contribution in [0, 0.1) is 25.2 Å². The molecule has 0 N–H and O–H groups in total. The van der Waals surface area contributed by atoms with Gasteiger partial charge in [-0.3, -0.25) is 4.90 Å². The molecule has 1 aromatic carbocycles. The van der Waals surface area contributed by atoms with E-state index in [4.69, 9.17) is 5.26 Å². The lowest BCUT2D eigenvalue weighted by molar-refractivity contribution is 0.368. The van der Waals surface area contributed by atoms with Crippen molar-refractivity contribution >= 4 is 11.3 Å². The van der Waals surface area contributed by atoms with Crippen molar-refractivity contribution in [3.63, 3.8) is 0 Å². The zero-order valence-electron chi connectivity index (χ0n) is 11.6. The number of benzene rings is 1. The molecule has 0 radical (unpaired) electrons. The van der Waals surface area contributed by atoms with Crippen LogP contribution < -0.4 is 0 Å². The molecule has 0 atom stereocenters. The van der Waals surface area contributed by atoms with Crippen LogP contribution in [-0.2, 0) is 6.54 Å². The van der Waals surface area contributed by atoms with Gasteiger partial charge in [-0.1, -0.05) is 24.3 Å². The van der Waals surface area contributed by atoms with Gasteiger partial charge in [0.1, 0.15) is 0 Å². The molecule has 1 heterocycles. The van der Waals surface area contributed by atoms with Crippen molar-refractivity contribution in [3.05, 3.63) is 46.3 Å². The third kappa shape index (κ3) is 3.23. The Morgan fingerprint density at radius 1 is 1.26 bits per heavy atom. The van der Waals surface area contributed by atoms with Gasteiger partial charge in [0.2, 0.25) is 0 Å². The van der Waals surface area contributed by atoms with E-state index in [1.807, 2.05) is 23.3 Å². The summed E-state index contributed by atoms with van der Waals surface area (Å²) in [5, 5.41) is 8.76. The average Bonchev–Trinajstić information content (AvgIpc) is 2.69. The van der Waals surface area contributed by atoms with Gasteiger partial charge in [0, 0.05) is 16.3 Å². The third-order valence-corrected chi connectivity index (χ3v) is 4.27. The SMILES string of the molecule is Cc1cc(C)c(-c2ccccc2CN(C)CC#N)s1. The molecule has 0 saturated carbocycles. The van der Waals surface area contributed by atoms with Crippen molar-refractivity contribution in [2.24, 2.45) is 0 Å². The predicted octanol–water partition coefficient (Wildman–Crippen LogP) is 3.99. The van der Waals surface area contributed by atoms with Gasteiger partial charge < -0.3 is 0 Å². The van der Waals surface area contributed by atoms with Crippen LogP contribution in [0.5, 0.6) is 0 Å². The van der Waals surface area contributed by atoms with E-state index in [9.17, 15) is 0 Å². The van der Waals surface area contributed by atoms with Crippen LogP contribution in [0.4, 0.5) is 0 Å². The molecule has 2 aromatic rings. The minimum absolute atomic E-state index is 0.455. The van der Waals surface area contributed by atoms with E-state index in [0.29, 0.717) is 6.54 Å². The van der Waals surface area contributed by atoms with Gasteiger partial charge in [-0.2, -0.15) is 5.26 Å². The van der Waals surface area contributed by atoms with Gasteiger partial charge in [0.15, 0.2) is 0 Å². The highest BCUT2D eigenvalue weighted by Crippen LogP contribution is 2.34. The normalized spacial score (nSPS) is 10.7. The molecule has 3 heteroatoms. The molecule has 0 fully saturated rings. The minimum Gasteiger partial charge on any atom is -0.289 e. The number of rotatable bonds is 4. The maximum atomic E-state index is 8.76. The Morgan fingerprint density at radius 2 is 2.00 bits per heavy atom. The van der Waals surface area contributed by atoms with Crippen molar-refractivity contribution in [3.8, 4) is 16.5 Å². The Kier molecular flexibility index (Phi) is 4.36. The molecule has 1 aromatic heterocycles. The summed E-state index contributed by atoms with van der Waals surface area (Å²) >= 11 is 1.84. The molecule has 0 bridgehead atoms. The summed E-state index contributed by atoms with van der Waals surface area (Å²) in [6, 6.07) is 12.9. The molecule has 98 valence electrons. The van der Waals surface area contributed by atoms with Crippen LogP contribution in [-0.4, -0.2) is 18.5 Å². The van der Waals surface area contributed by atoms with E-state index in [1.54, 1.807) is 0 Å². The Balaban J connectivity index is 2.36. The van der Waals surface area contributed by atoms with E-state index < -0.39 is 0 Å². The zero-order valence-corrected chi connectivity index (χ0v) is 12.4. The molecule has 0 aliphatic carbocycles. The van der Waals surface area contributed by atoms with Crippen LogP contribution in [0.1, 0.15) is 16.0 Å². The second-order valence-electron chi connectivity index (χ2n) is 4.86. The van der Waals surface area contributed by atoms with E-state index in [0.717, 1.165) is 6.54 Å². The molecule has 2 rings (SSSR count). The lowest BCUT2D eigenvalue weighted by Gasteiger charge is -2.15. The molecule has 19 heavy (non-hydrogen) atoms. The van der Waals surface area contributed by atoms with Crippen LogP contribution in [0.25, 0.3) is 10.4 Å². The summed E-state index contributed by atoms with van der Waals surface area (Å²) in [5.41, 5.74) is 3.91. The molecule has 0 aliphatic rings. The highest BCUT2D eigenvalue weighted by molar-refractivity contribution is 7.15. The van der Waals surface area contributed by atoms with Gasteiger partial charge in [-0.25, -0.2) is 0 Å². The molecular weight excluding hydrogens is 252 g/mol. The van der Waals surface area contributed by atoms with Crippen LogP contribution in [0.15, 0.2) is 30.3 Å². The standard InChI is InChI=1S/C16H18N2S/c1-12-10-13(2)19-16(12)15-7-5-4-6-14(15)11-18(3)9-8-17/h4-7,10H,9,11H2,1-3H3. The third-order valence-electron chi connectivity index (χ3n) is 3.08. The summed E-state index contributed by atoms with van der Waals surface area (Å²) in [6.45, 7) is 5.57. The van der Waals surface area contributed by atoms with E-state index >= 15 is 0 Å². The number of nitrogens with zero attached hydrogens (tertiary/aromatic N) is 2. The molecular formula is C16H18N2S. The molecule has 2 nitrogen and oxygen atoms in total. The summed E-state index contributed by atoms with van der Waals surface area (Å²) < 4.78 is 0. The second-order valence-corrected chi connectivity index (χ2v) is 6.11. The van der Waals surface area contributed by atoms with E-state index in [2.05, 4.69) is 50.2 Å². The topological polar surface area (TPSA) is 27.0 Å². The second kappa shape index (κ2) is 6.01. The monoisotopic (exact) mass is 270 g/mol. The van der Waals surface area contributed by atoms with Crippen molar-refractivity contribution in [2.75, 3.05) is 13.6 Å². The highest BCUT2D eigenvalue weighted by Gasteiger charge is 2.11. The summed E-state index contributed by atoms with van der Waals surface area (Å²) in [6.07, 6.45) is 0. The fourth-order valence-corrected chi connectivity index (χ4v) is 3.34. The smallest absolute Gasteiger partial charge is 0.0866 e. The fourth-order valence-electron chi connectivity index (χ4n) is 2.26. The molecule has 0 aliphatic heterocycles. The van der Waals surface area contributed by atoms with E-state index in [-0.39, 0.29) is 0 Å². The Labute approximate surface area is 118 Å². The van der Waals surface area contributed by atoms with Crippen LogP contribution >= 0.6 is 11.3 Å². The lowest BCUT2D eigenvalue weighted by atomic mass is 10.0. The quantitative estimate of drug-likeness (QED) is 0.786. The van der Waals surface area contributed by atoms with Crippen molar-refractivity contribution < 1.29 is 0 Å². The maximum Gasteiger partial charge on any atom is 0.0866 e. The first-order chi connectivity index (χ1) is 9.11. The summed E-state index contributed by atoms with van der Waals surface area (Å²) in [4.78, 5) is 4.72. The largest absolute Gasteiger partial charge is 0.289 e. The first-order valence-electron chi connectivity index (χ1n) is 6.32. The summed E-state index contributed by atoms with van der Waals surface area (Å²) in [7, 11) is 1.98. The maximum absolute atomic E-state index is 8.76. The van der Waals surface area contributed by atoms with Gasteiger partial charge in [0.05, 0.1) is 12.6 Å². The van der Waals surface area contributed by atoms with E-state index in [1.165, 1.54) is 26.4 Å². The van der Waals surface area contributed by atoms with Crippen molar-refractivity contribution in [1.82, 2.24) is 4.90 Å². The van der Waals surface area contributed by atoms with Crippen LogP contribution in [0.2, 0.25) is 0 Å². The van der Waals surface area contributed by atoms with Crippen molar-refractivity contribution in [1.29, 1.82) is 5.26 Å². The number of nitriles is 1. The first-order valence-corrected chi connectivity index (χ1v) is 7.14. The lowest BCUT2D eigenvalue weighted by Crippen LogP contribution is -2.18. The predicted molar refractivity (Wildman–Crippen MR) is 81.2 cm³/mol. The van der Waals surface area contributed by atoms with Gasteiger partial charge in [-0.05, 0) is 43.7 Å². The fraction of sp³-hybridized carbons (Fsp3) is 0.312. The number of hydrogen-bond donors (Lipinski definition) is 0. The number of hydrogen-bond acceptors (Lipinski definition) is 3. The zero-order chi connectivity index (χ0) is 13.8.